The smallest absolute Gasteiger partial charge is 0.225 e. The highest BCUT2D eigenvalue weighted by molar-refractivity contribution is 5.71. The van der Waals surface area contributed by atoms with Gasteiger partial charge in [0, 0.05) is 12.1 Å². The van der Waals surface area contributed by atoms with E-state index < -0.39 is 0 Å². The summed E-state index contributed by atoms with van der Waals surface area (Å²) < 4.78 is 6.97. The molecule has 2 N–H and O–H groups in total. The second kappa shape index (κ2) is 6.60. The average molecular weight is 341 g/mol. The second-order valence-electron chi connectivity index (χ2n) is 6.00. The SMILES string of the molecule is CCOc1ccc(-n2nnc3cnc(N[C@@H]4CC[C@@H](O)C4)nc32)cn1. The zero-order valence-electron chi connectivity index (χ0n) is 13.8. The van der Waals surface area contributed by atoms with E-state index in [1.54, 1.807) is 23.1 Å². The van der Waals surface area contributed by atoms with Crippen molar-refractivity contribution in [1.82, 2.24) is 29.9 Å². The Hall–Kier alpha value is -2.81. The molecule has 3 heterocycles. The van der Waals surface area contributed by atoms with Crippen molar-refractivity contribution >= 4 is 17.1 Å². The molecule has 1 fully saturated rings. The molecule has 3 aromatic heterocycles. The normalized spacial score (nSPS) is 20.1. The topological polar surface area (TPSA) is 111 Å². The van der Waals surface area contributed by atoms with Gasteiger partial charge in [0.1, 0.15) is 0 Å². The Morgan fingerprint density at radius 3 is 2.92 bits per heavy atom. The number of nitrogens with zero attached hydrogens (tertiary/aromatic N) is 6. The summed E-state index contributed by atoms with van der Waals surface area (Å²) in [5, 5.41) is 21.2. The third-order valence-corrected chi connectivity index (χ3v) is 4.19. The lowest BCUT2D eigenvalue weighted by Gasteiger charge is -2.11. The van der Waals surface area contributed by atoms with Crippen LogP contribution in [0.1, 0.15) is 26.2 Å². The molecule has 130 valence electrons. The van der Waals surface area contributed by atoms with E-state index in [2.05, 4.69) is 30.6 Å². The van der Waals surface area contributed by atoms with Gasteiger partial charge in [-0.15, -0.1) is 5.10 Å². The van der Waals surface area contributed by atoms with E-state index >= 15 is 0 Å². The number of rotatable bonds is 5. The van der Waals surface area contributed by atoms with Crippen LogP contribution in [-0.4, -0.2) is 53.8 Å². The molecule has 1 saturated carbocycles. The number of ether oxygens (including phenoxy) is 1. The number of fused-ring (bicyclic) bond motifs is 1. The fourth-order valence-corrected chi connectivity index (χ4v) is 2.97. The minimum atomic E-state index is -0.247. The van der Waals surface area contributed by atoms with Crippen LogP contribution in [0.5, 0.6) is 5.88 Å². The maximum Gasteiger partial charge on any atom is 0.225 e. The summed E-state index contributed by atoms with van der Waals surface area (Å²) in [6.07, 6.45) is 5.48. The molecule has 0 unspecified atom stereocenters. The van der Waals surface area contributed by atoms with Crippen LogP contribution in [0.25, 0.3) is 16.9 Å². The van der Waals surface area contributed by atoms with E-state index in [1.165, 1.54) is 0 Å². The molecule has 1 aliphatic carbocycles. The summed E-state index contributed by atoms with van der Waals surface area (Å²) in [5.41, 5.74) is 1.94. The number of anilines is 1. The highest BCUT2D eigenvalue weighted by atomic mass is 16.5. The van der Waals surface area contributed by atoms with Crippen LogP contribution in [-0.2, 0) is 0 Å². The Labute approximate surface area is 144 Å². The van der Waals surface area contributed by atoms with E-state index in [1.807, 2.05) is 13.0 Å². The quantitative estimate of drug-likeness (QED) is 0.715. The monoisotopic (exact) mass is 341 g/mol. The molecule has 0 aromatic carbocycles. The summed E-state index contributed by atoms with van der Waals surface area (Å²) in [5.74, 6) is 1.07. The molecule has 4 rings (SSSR count). The molecular weight excluding hydrogens is 322 g/mol. The van der Waals surface area contributed by atoms with Gasteiger partial charge < -0.3 is 15.2 Å². The molecule has 0 amide bonds. The van der Waals surface area contributed by atoms with Crippen molar-refractivity contribution < 1.29 is 9.84 Å². The van der Waals surface area contributed by atoms with Gasteiger partial charge in [-0.25, -0.2) is 9.97 Å². The van der Waals surface area contributed by atoms with Gasteiger partial charge in [-0.2, -0.15) is 9.67 Å². The van der Waals surface area contributed by atoms with Gasteiger partial charge in [0.25, 0.3) is 0 Å². The minimum absolute atomic E-state index is 0.184. The molecule has 9 nitrogen and oxygen atoms in total. The summed E-state index contributed by atoms with van der Waals surface area (Å²) >= 11 is 0. The summed E-state index contributed by atoms with van der Waals surface area (Å²) in [4.78, 5) is 13.1. The van der Waals surface area contributed by atoms with Crippen LogP contribution in [0.3, 0.4) is 0 Å². The molecule has 0 spiro atoms. The molecule has 2 atom stereocenters. The molecule has 0 aliphatic heterocycles. The average Bonchev–Trinajstić information content (AvgIpc) is 3.22. The van der Waals surface area contributed by atoms with Gasteiger partial charge in [0.05, 0.1) is 30.8 Å². The lowest BCUT2D eigenvalue weighted by molar-refractivity contribution is 0.182. The lowest BCUT2D eigenvalue weighted by atomic mass is 10.2. The molecular formula is C16H19N7O2. The first-order valence-electron chi connectivity index (χ1n) is 8.35. The van der Waals surface area contributed by atoms with Gasteiger partial charge >= 0.3 is 0 Å². The van der Waals surface area contributed by atoms with Crippen molar-refractivity contribution in [3.05, 3.63) is 24.5 Å². The third-order valence-electron chi connectivity index (χ3n) is 4.19. The fourth-order valence-electron chi connectivity index (χ4n) is 2.97. The lowest BCUT2D eigenvalue weighted by Crippen LogP contribution is -2.18. The third kappa shape index (κ3) is 3.22. The van der Waals surface area contributed by atoms with E-state index in [-0.39, 0.29) is 12.1 Å². The largest absolute Gasteiger partial charge is 0.478 e. The maximum absolute atomic E-state index is 9.65. The van der Waals surface area contributed by atoms with Crippen molar-refractivity contribution in [1.29, 1.82) is 0 Å². The number of hydrogen-bond acceptors (Lipinski definition) is 8. The van der Waals surface area contributed by atoms with Crippen molar-refractivity contribution in [3.63, 3.8) is 0 Å². The number of pyridine rings is 1. The Bertz CT molecular complexity index is 865. The van der Waals surface area contributed by atoms with Crippen molar-refractivity contribution in [3.8, 4) is 11.6 Å². The van der Waals surface area contributed by atoms with Crippen molar-refractivity contribution in [2.45, 2.75) is 38.3 Å². The first-order chi connectivity index (χ1) is 12.2. The maximum atomic E-state index is 9.65. The first kappa shape index (κ1) is 15.7. The van der Waals surface area contributed by atoms with E-state index in [4.69, 9.17) is 4.74 Å². The summed E-state index contributed by atoms with van der Waals surface area (Å²) in [6.45, 7) is 2.48. The van der Waals surface area contributed by atoms with Crippen LogP contribution in [0.15, 0.2) is 24.5 Å². The van der Waals surface area contributed by atoms with Crippen LogP contribution in [0.4, 0.5) is 5.95 Å². The Balaban J connectivity index is 1.62. The van der Waals surface area contributed by atoms with E-state index in [0.29, 0.717) is 36.0 Å². The van der Waals surface area contributed by atoms with Crippen LogP contribution < -0.4 is 10.1 Å². The molecule has 1 aliphatic rings. The zero-order chi connectivity index (χ0) is 17.2. The fraction of sp³-hybridized carbons (Fsp3) is 0.438. The number of aliphatic hydroxyl groups excluding tert-OH is 1. The van der Waals surface area contributed by atoms with Gasteiger partial charge in [0.2, 0.25) is 11.8 Å². The van der Waals surface area contributed by atoms with Crippen molar-refractivity contribution in [2.24, 2.45) is 0 Å². The second-order valence-corrected chi connectivity index (χ2v) is 6.00. The Morgan fingerprint density at radius 1 is 1.28 bits per heavy atom. The van der Waals surface area contributed by atoms with E-state index in [9.17, 15) is 5.11 Å². The number of aromatic nitrogens is 6. The summed E-state index contributed by atoms with van der Waals surface area (Å²) in [6, 6.07) is 3.82. The van der Waals surface area contributed by atoms with Crippen LogP contribution in [0.2, 0.25) is 0 Å². The van der Waals surface area contributed by atoms with E-state index in [0.717, 1.165) is 18.5 Å². The van der Waals surface area contributed by atoms with Gasteiger partial charge in [0.15, 0.2) is 11.2 Å². The predicted molar refractivity (Wildman–Crippen MR) is 90.7 cm³/mol. The van der Waals surface area contributed by atoms with Crippen LogP contribution in [0, 0.1) is 0 Å². The van der Waals surface area contributed by atoms with Gasteiger partial charge in [-0.1, -0.05) is 5.21 Å². The standard InChI is InChI=1S/C16H19N7O2/c1-2-25-14-6-4-11(8-17-14)23-15-13(21-22-23)9-18-16(20-15)19-10-3-5-12(24)7-10/h4,6,8-10,12,24H,2-3,5,7H2,1H3,(H,18,19,20)/t10-,12-/m1/s1. The highest BCUT2D eigenvalue weighted by Gasteiger charge is 2.23. The number of aliphatic hydroxyl groups is 1. The molecule has 9 heteroatoms. The molecule has 0 radical (unpaired) electrons. The first-order valence-corrected chi connectivity index (χ1v) is 8.35. The Kier molecular flexibility index (Phi) is 4.14. The number of hydrogen-bond donors (Lipinski definition) is 2. The molecule has 0 bridgehead atoms. The zero-order valence-corrected chi connectivity index (χ0v) is 13.8. The molecule has 25 heavy (non-hydrogen) atoms. The van der Waals surface area contributed by atoms with Gasteiger partial charge in [-0.3, -0.25) is 0 Å². The van der Waals surface area contributed by atoms with Crippen molar-refractivity contribution in [2.75, 3.05) is 11.9 Å². The molecule has 0 saturated heterocycles. The molecule has 3 aromatic rings. The minimum Gasteiger partial charge on any atom is -0.478 e. The summed E-state index contributed by atoms with van der Waals surface area (Å²) in [7, 11) is 0. The highest BCUT2D eigenvalue weighted by Crippen LogP contribution is 2.22. The van der Waals surface area contributed by atoms with Crippen LogP contribution >= 0.6 is 0 Å². The van der Waals surface area contributed by atoms with Gasteiger partial charge in [-0.05, 0) is 32.3 Å². The number of nitrogens with one attached hydrogen (secondary N) is 1. The Morgan fingerprint density at radius 2 is 2.20 bits per heavy atom. The predicted octanol–water partition coefficient (Wildman–Crippen LogP) is 1.33.